The van der Waals surface area contributed by atoms with Gasteiger partial charge < -0.3 is 5.73 Å². The fourth-order valence-corrected chi connectivity index (χ4v) is 4.72. The second kappa shape index (κ2) is 3.48. The van der Waals surface area contributed by atoms with E-state index in [0.717, 1.165) is 23.7 Å². The van der Waals surface area contributed by atoms with E-state index >= 15 is 0 Å². The monoisotopic (exact) mass is 207 g/mol. The molecule has 0 spiro atoms. The summed E-state index contributed by atoms with van der Waals surface area (Å²) in [5, 5.41) is 0. The van der Waals surface area contributed by atoms with E-state index in [9.17, 15) is 0 Å². The molecule has 0 aromatic heterocycles. The molecule has 3 saturated carbocycles. The fourth-order valence-electron chi connectivity index (χ4n) is 4.72. The zero-order chi connectivity index (χ0) is 10.5. The second-order valence-electron chi connectivity index (χ2n) is 6.28. The molecule has 1 nitrogen and oxygen atoms in total. The third-order valence-corrected chi connectivity index (χ3v) is 5.77. The minimum Gasteiger partial charge on any atom is -0.324 e. The summed E-state index contributed by atoms with van der Waals surface area (Å²) in [6.45, 7) is 2.34. The summed E-state index contributed by atoms with van der Waals surface area (Å²) in [6, 6.07) is 0. The van der Waals surface area contributed by atoms with Gasteiger partial charge in [-0.05, 0) is 49.4 Å². The van der Waals surface area contributed by atoms with Crippen molar-refractivity contribution in [3.63, 3.8) is 0 Å². The highest BCUT2D eigenvalue weighted by Gasteiger charge is 2.65. The highest BCUT2D eigenvalue weighted by molar-refractivity contribution is 5.20. The normalized spacial score (nSPS) is 54.0. The molecule has 3 rings (SSSR count). The van der Waals surface area contributed by atoms with E-state index in [2.05, 4.69) is 6.92 Å². The van der Waals surface area contributed by atoms with Crippen molar-refractivity contribution < 1.29 is 0 Å². The number of nitrogens with two attached hydrogens (primary N) is 1. The van der Waals surface area contributed by atoms with Gasteiger partial charge in [0.1, 0.15) is 0 Å². The van der Waals surface area contributed by atoms with Crippen molar-refractivity contribution in [1.29, 1.82) is 0 Å². The fraction of sp³-hybridized carbons (Fsp3) is 1.00. The maximum absolute atomic E-state index is 6.72. The average Bonchev–Trinajstić information content (AvgIpc) is 2.70. The van der Waals surface area contributed by atoms with E-state index in [4.69, 9.17) is 5.73 Å². The van der Waals surface area contributed by atoms with Gasteiger partial charge in [-0.3, -0.25) is 0 Å². The van der Waals surface area contributed by atoms with Gasteiger partial charge in [0.2, 0.25) is 0 Å². The molecular formula is C14H25N. The molecule has 0 bridgehead atoms. The molecule has 0 saturated heterocycles. The summed E-state index contributed by atoms with van der Waals surface area (Å²) in [4.78, 5) is 0. The third kappa shape index (κ3) is 1.39. The topological polar surface area (TPSA) is 26.0 Å². The van der Waals surface area contributed by atoms with Crippen LogP contribution in [0.1, 0.15) is 58.3 Å². The summed E-state index contributed by atoms with van der Waals surface area (Å²) >= 11 is 0. The van der Waals surface area contributed by atoms with Crippen LogP contribution in [0, 0.1) is 23.7 Å². The van der Waals surface area contributed by atoms with Crippen molar-refractivity contribution in [2.45, 2.75) is 63.8 Å². The molecule has 0 aromatic rings. The standard InChI is InChI=1S/C14H25N/c1-2-10-7-8-11(9-10)14(15)12-5-3-4-6-13(12)14/h10-13H,2-9,15H2,1H3. The Morgan fingerprint density at radius 3 is 2.27 bits per heavy atom. The number of hydrogen-bond acceptors (Lipinski definition) is 1. The van der Waals surface area contributed by atoms with Gasteiger partial charge >= 0.3 is 0 Å². The quantitative estimate of drug-likeness (QED) is 0.738. The van der Waals surface area contributed by atoms with E-state index in [1.54, 1.807) is 0 Å². The smallest absolute Gasteiger partial charge is 0.0246 e. The molecule has 3 fully saturated rings. The Balaban J connectivity index is 1.68. The molecule has 4 atom stereocenters. The predicted molar refractivity (Wildman–Crippen MR) is 63.5 cm³/mol. The molecule has 0 aliphatic heterocycles. The molecule has 3 aliphatic rings. The van der Waals surface area contributed by atoms with E-state index in [1.165, 1.54) is 51.4 Å². The Hall–Kier alpha value is -0.0400. The molecule has 2 N–H and O–H groups in total. The van der Waals surface area contributed by atoms with Gasteiger partial charge in [0, 0.05) is 5.54 Å². The Morgan fingerprint density at radius 1 is 1.07 bits per heavy atom. The molecule has 0 amide bonds. The van der Waals surface area contributed by atoms with Crippen LogP contribution in [-0.4, -0.2) is 5.54 Å². The Kier molecular flexibility index (Phi) is 2.35. The molecule has 15 heavy (non-hydrogen) atoms. The van der Waals surface area contributed by atoms with Crippen molar-refractivity contribution in [2.24, 2.45) is 29.4 Å². The first-order valence-corrected chi connectivity index (χ1v) is 7.05. The summed E-state index contributed by atoms with van der Waals surface area (Å²) < 4.78 is 0. The van der Waals surface area contributed by atoms with Crippen LogP contribution in [0.3, 0.4) is 0 Å². The summed E-state index contributed by atoms with van der Waals surface area (Å²) in [7, 11) is 0. The molecule has 0 heterocycles. The lowest BCUT2D eigenvalue weighted by Crippen LogP contribution is -2.35. The maximum atomic E-state index is 6.72. The van der Waals surface area contributed by atoms with Gasteiger partial charge in [0.15, 0.2) is 0 Å². The van der Waals surface area contributed by atoms with Crippen molar-refractivity contribution >= 4 is 0 Å². The Labute approximate surface area is 93.8 Å². The van der Waals surface area contributed by atoms with Gasteiger partial charge in [-0.15, -0.1) is 0 Å². The highest BCUT2D eigenvalue weighted by Crippen LogP contribution is 2.63. The molecule has 4 unspecified atom stereocenters. The predicted octanol–water partition coefficient (Wildman–Crippen LogP) is 3.33. The second-order valence-corrected chi connectivity index (χ2v) is 6.28. The molecule has 0 radical (unpaired) electrons. The molecule has 86 valence electrons. The minimum absolute atomic E-state index is 0.306. The highest BCUT2D eigenvalue weighted by atomic mass is 14.9. The number of fused-ring (bicyclic) bond motifs is 1. The first-order valence-electron chi connectivity index (χ1n) is 7.05. The molecular weight excluding hydrogens is 182 g/mol. The SMILES string of the molecule is CCC1CCC(C2(N)C3CCCCC32)C1. The van der Waals surface area contributed by atoms with Gasteiger partial charge in [0.05, 0.1) is 0 Å². The summed E-state index contributed by atoms with van der Waals surface area (Å²) in [6.07, 6.45) is 11.5. The average molecular weight is 207 g/mol. The van der Waals surface area contributed by atoms with Gasteiger partial charge in [-0.2, -0.15) is 0 Å². The van der Waals surface area contributed by atoms with E-state index in [-0.39, 0.29) is 0 Å². The van der Waals surface area contributed by atoms with Crippen molar-refractivity contribution in [3.8, 4) is 0 Å². The number of hydrogen-bond donors (Lipinski definition) is 1. The van der Waals surface area contributed by atoms with E-state index in [0.29, 0.717) is 5.54 Å². The molecule has 1 heteroatoms. The Morgan fingerprint density at radius 2 is 1.73 bits per heavy atom. The first-order chi connectivity index (χ1) is 7.26. The lowest BCUT2D eigenvalue weighted by Gasteiger charge is -2.20. The largest absolute Gasteiger partial charge is 0.324 e. The molecule has 3 aliphatic carbocycles. The maximum Gasteiger partial charge on any atom is 0.0246 e. The third-order valence-electron chi connectivity index (χ3n) is 5.77. The van der Waals surface area contributed by atoms with Crippen LogP contribution in [-0.2, 0) is 0 Å². The lowest BCUT2D eigenvalue weighted by atomic mass is 9.91. The van der Waals surface area contributed by atoms with Gasteiger partial charge in [-0.1, -0.05) is 32.6 Å². The number of rotatable bonds is 2. The first kappa shape index (κ1) is 10.1. The van der Waals surface area contributed by atoms with Crippen LogP contribution >= 0.6 is 0 Å². The Bertz CT molecular complexity index is 236. The summed E-state index contributed by atoms with van der Waals surface area (Å²) in [5.41, 5.74) is 7.02. The van der Waals surface area contributed by atoms with Crippen molar-refractivity contribution in [1.82, 2.24) is 0 Å². The van der Waals surface area contributed by atoms with Crippen LogP contribution in [0.25, 0.3) is 0 Å². The van der Waals surface area contributed by atoms with Crippen molar-refractivity contribution in [2.75, 3.05) is 0 Å². The van der Waals surface area contributed by atoms with E-state index in [1.807, 2.05) is 0 Å². The minimum atomic E-state index is 0.306. The van der Waals surface area contributed by atoms with Gasteiger partial charge in [-0.25, -0.2) is 0 Å². The van der Waals surface area contributed by atoms with Crippen LogP contribution in [0.4, 0.5) is 0 Å². The van der Waals surface area contributed by atoms with Crippen LogP contribution in [0.5, 0.6) is 0 Å². The van der Waals surface area contributed by atoms with Crippen LogP contribution in [0.2, 0.25) is 0 Å². The summed E-state index contributed by atoms with van der Waals surface area (Å²) in [5.74, 6) is 3.73. The zero-order valence-corrected chi connectivity index (χ0v) is 10.0. The molecule has 0 aromatic carbocycles. The van der Waals surface area contributed by atoms with Crippen LogP contribution in [0.15, 0.2) is 0 Å². The zero-order valence-electron chi connectivity index (χ0n) is 10.0. The van der Waals surface area contributed by atoms with Crippen molar-refractivity contribution in [3.05, 3.63) is 0 Å². The van der Waals surface area contributed by atoms with E-state index < -0.39 is 0 Å². The lowest BCUT2D eigenvalue weighted by molar-refractivity contribution is 0.354. The van der Waals surface area contributed by atoms with Gasteiger partial charge in [0.25, 0.3) is 0 Å². The van der Waals surface area contributed by atoms with Crippen LogP contribution < -0.4 is 5.73 Å².